The highest BCUT2D eigenvalue weighted by Crippen LogP contribution is 2.55. The summed E-state index contributed by atoms with van der Waals surface area (Å²) in [4.78, 5) is 0. The minimum atomic E-state index is 0.0153. The summed E-state index contributed by atoms with van der Waals surface area (Å²) in [6, 6.07) is 0. The number of hydrogen-bond acceptors (Lipinski definition) is 1. The molecule has 0 heterocycles. The summed E-state index contributed by atoms with van der Waals surface area (Å²) in [5, 5.41) is 9.50. The summed E-state index contributed by atoms with van der Waals surface area (Å²) in [5.74, 6) is 2.63. The molecule has 1 nitrogen and oxygen atoms in total. The first kappa shape index (κ1) is 6.66. The molecule has 0 amide bonds. The van der Waals surface area contributed by atoms with E-state index in [1.54, 1.807) is 0 Å². The van der Waals surface area contributed by atoms with E-state index in [9.17, 15) is 5.11 Å². The van der Waals surface area contributed by atoms with Crippen molar-refractivity contribution in [2.45, 2.75) is 38.7 Å². The normalized spacial score (nSPS) is 46.8. The number of aliphatic hydroxyl groups is 1. The Balaban J connectivity index is 1.85. The molecule has 0 bridgehead atoms. The van der Waals surface area contributed by atoms with Crippen molar-refractivity contribution in [3.8, 4) is 0 Å². The molecule has 0 aliphatic heterocycles. The van der Waals surface area contributed by atoms with Crippen LogP contribution in [0.15, 0.2) is 0 Å². The summed E-state index contributed by atoms with van der Waals surface area (Å²) < 4.78 is 0. The van der Waals surface area contributed by atoms with E-state index in [4.69, 9.17) is 0 Å². The molecule has 4 unspecified atom stereocenters. The molecule has 0 aromatic carbocycles. The van der Waals surface area contributed by atoms with E-state index in [-0.39, 0.29) is 6.10 Å². The third-order valence-electron chi connectivity index (χ3n) is 3.51. The summed E-state index contributed by atoms with van der Waals surface area (Å²) in [5.41, 5.74) is 0. The number of hydrogen-bond donors (Lipinski definition) is 1. The number of rotatable bonds is 2. The third-order valence-corrected chi connectivity index (χ3v) is 3.51. The Morgan fingerprint density at radius 2 is 2.30 bits per heavy atom. The second-order valence-electron chi connectivity index (χ2n) is 3.88. The molecule has 10 heavy (non-hydrogen) atoms. The second kappa shape index (κ2) is 2.23. The zero-order valence-electron chi connectivity index (χ0n) is 6.59. The van der Waals surface area contributed by atoms with Gasteiger partial charge in [-0.05, 0) is 43.4 Å². The Morgan fingerprint density at radius 3 is 2.60 bits per heavy atom. The van der Waals surface area contributed by atoms with Crippen molar-refractivity contribution in [2.24, 2.45) is 17.8 Å². The van der Waals surface area contributed by atoms with Gasteiger partial charge in [0.25, 0.3) is 0 Å². The molecule has 0 aromatic rings. The first-order valence-corrected chi connectivity index (χ1v) is 4.51. The summed E-state index contributed by atoms with van der Waals surface area (Å²) in [6.45, 7) is 2.08. The molecule has 0 spiro atoms. The average Bonchev–Trinajstić information content (AvgIpc) is 1.93. The quantitative estimate of drug-likeness (QED) is 0.620. The molecular formula is C9H16O. The van der Waals surface area contributed by atoms with Crippen LogP contribution in [0.5, 0.6) is 0 Å². The lowest BCUT2D eigenvalue weighted by Crippen LogP contribution is -2.49. The van der Waals surface area contributed by atoms with Gasteiger partial charge in [-0.2, -0.15) is 0 Å². The summed E-state index contributed by atoms with van der Waals surface area (Å²) in [6.07, 6.45) is 5.12. The van der Waals surface area contributed by atoms with Gasteiger partial charge in [0, 0.05) is 0 Å². The fraction of sp³-hybridized carbons (Fsp3) is 1.00. The SMILES string of the molecule is CCC(O)C1CC2CCC21. The Bertz CT molecular complexity index is 129. The lowest BCUT2D eigenvalue weighted by molar-refractivity contribution is -0.0928. The van der Waals surface area contributed by atoms with Crippen molar-refractivity contribution in [3.05, 3.63) is 0 Å². The topological polar surface area (TPSA) is 20.2 Å². The van der Waals surface area contributed by atoms with Crippen molar-refractivity contribution in [3.63, 3.8) is 0 Å². The lowest BCUT2D eigenvalue weighted by atomic mass is 9.51. The molecular weight excluding hydrogens is 124 g/mol. The number of fused-ring (bicyclic) bond motifs is 1. The van der Waals surface area contributed by atoms with Gasteiger partial charge >= 0.3 is 0 Å². The fourth-order valence-corrected chi connectivity index (χ4v) is 2.52. The maximum absolute atomic E-state index is 9.50. The standard InChI is InChI=1S/C9H16O/c1-2-9(10)8-5-6-3-4-7(6)8/h6-10H,2-5H2,1H3. The van der Waals surface area contributed by atoms with Crippen LogP contribution in [0.4, 0.5) is 0 Å². The zero-order chi connectivity index (χ0) is 7.14. The molecule has 0 radical (unpaired) electrons. The first-order valence-electron chi connectivity index (χ1n) is 4.51. The average molecular weight is 140 g/mol. The molecule has 2 rings (SSSR count). The predicted octanol–water partition coefficient (Wildman–Crippen LogP) is 1.80. The van der Waals surface area contributed by atoms with Crippen LogP contribution in [0, 0.1) is 17.8 Å². The van der Waals surface area contributed by atoms with Gasteiger partial charge in [0.15, 0.2) is 0 Å². The van der Waals surface area contributed by atoms with Gasteiger partial charge in [0.2, 0.25) is 0 Å². The van der Waals surface area contributed by atoms with Gasteiger partial charge in [-0.3, -0.25) is 0 Å². The van der Waals surface area contributed by atoms with Crippen molar-refractivity contribution in [2.75, 3.05) is 0 Å². The minimum absolute atomic E-state index is 0.0153. The van der Waals surface area contributed by atoms with Gasteiger partial charge < -0.3 is 5.11 Å². The molecule has 1 heteroatoms. The Labute approximate surface area is 62.4 Å². The van der Waals surface area contributed by atoms with E-state index >= 15 is 0 Å². The first-order chi connectivity index (χ1) is 4.83. The van der Waals surface area contributed by atoms with E-state index in [2.05, 4.69) is 6.92 Å². The van der Waals surface area contributed by atoms with Gasteiger partial charge in [-0.1, -0.05) is 6.92 Å². The molecule has 58 valence electrons. The van der Waals surface area contributed by atoms with Crippen LogP contribution in [-0.4, -0.2) is 11.2 Å². The van der Waals surface area contributed by atoms with Gasteiger partial charge in [0.1, 0.15) is 0 Å². The molecule has 2 aliphatic carbocycles. The van der Waals surface area contributed by atoms with E-state index in [1.165, 1.54) is 19.3 Å². The van der Waals surface area contributed by atoms with Gasteiger partial charge in [-0.15, -0.1) is 0 Å². The lowest BCUT2D eigenvalue weighted by Gasteiger charge is -2.54. The van der Waals surface area contributed by atoms with Crippen molar-refractivity contribution in [1.29, 1.82) is 0 Å². The molecule has 2 saturated carbocycles. The number of aliphatic hydroxyl groups excluding tert-OH is 1. The van der Waals surface area contributed by atoms with Crippen molar-refractivity contribution >= 4 is 0 Å². The molecule has 0 aromatic heterocycles. The predicted molar refractivity (Wildman–Crippen MR) is 40.6 cm³/mol. The maximum Gasteiger partial charge on any atom is 0.0568 e. The smallest absolute Gasteiger partial charge is 0.0568 e. The summed E-state index contributed by atoms with van der Waals surface area (Å²) in [7, 11) is 0. The Morgan fingerprint density at radius 1 is 1.50 bits per heavy atom. The largest absolute Gasteiger partial charge is 0.393 e. The van der Waals surface area contributed by atoms with Crippen molar-refractivity contribution in [1.82, 2.24) is 0 Å². The van der Waals surface area contributed by atoms with E-state index in [0.29, 0.717) is 5.92 Å². The molecule has 1 N–H and O–H groups in total. The molecule has 0 saturated heterocycles. The van der Waals surface area contributed by atoms with Crippen LogP contribution in [-0.2, 0) is 0 Å². The van der Waals surface area contributed by atoms with Crippen LogP contribution in [0.1, 0.15) is 32.6 Å². The monoisotopic (exact) mass is 140 g/mol. The van der Waals surface area contributed by atoms with E-state index in [1.807, 2.05) is 0 Å². The third kappa shape index (κ3) is 0.731. The Kier molecular flexibility index (Phi) is 1.48. The van der Waals surface area contributed by atoms with E-state index in [0.717, 1.165) is 18.3 Å². The van der Waals surface area contributed by atoms with Crippen LogP contribution in [0.25, 0.3) is 0 Å². The van der Waals surface area contributed by atoms with Crippen molar-refractivity contribution < 1.29 is 5.11 Å². The highest BCUT2D eigenvalue weighted by Gasteiger charge is 2.48. The van der Waals surface area contributed by atoms with Gasteiger partial charge in [0.05, 0.1) is 6.10 Å². The van der Waals surface area contributed by atoms with Crippen LogP contribution < -0.4 is 0 Å². The van der Waals surface area contributed by atoms with Gasteiger partial charge in [-0.25, -0.2) is 0 Å². The summed E-state index contributed by atoms with van der Waals surface area (Å²) >= 11 is 0. The minimum Gasteiger partial charge on any atom is -0.393 e. The Hall–Kier alpha value is -0.0400. The fourth-order valence-electron chi connectivity index (χ4n) is 2.52. The second-order valence-corrected chi connectivity index (χ2v) is 3.88. The highest BCUT2D eigenvalue weighted by atomic mass is 16.3. The molecule has 4 atom stereocenters. The molecule has 2 fully saturated rings. The maximum atomic E-state index is 9.50. The van der Waals surface area contributed by atoms with Crippen LogP contribution in [0.3, 0.4) is 0 Å². The van der Waals surface area contributed by atoms with Crippen LogP contribution in [0.2, 0.25) is 0 Å². The van der Waals surface area contributed by atoms with Crippen LogP contribution >= 0.6 is 0 Å². The molecule has 2 aliphatic rings. The highest BCUT2D eigenvalue weighted by molar-refractivity contribution is 4.98. The van der Waals surface area contributed by atoms with E-state index < -0.39 is 0 Å². The zero-order valence-corrected chi connectivity index (χ0v) is 6.59.